The number of carbonyl (C=O) groups is 1. The third-order valence-corrected chi connectivity index (χ3v) is 3.89. The third-order valence-electron chi connectivity index (χ3n) is 3.89. The molecule has 0 radical (unpaired) electrons. The normalized spacial score (nSPS) is 23.8. The Labute approximate surface area is 129 Å². The number of amides is 1. The van der Waals surface area contributed by atoms with Crippen LogP contribution in [0, 0.1) is 0 Å². The van der Waals surface area contributed by atoms with Crippen LogP contribution in [0.5, 0.6) is 5.75 Å². The van der Waals surface area contributed by atoms with Crippen molar-refractivity contribution in [1.29, 1.82) is 0 Å². The second-order valence-corrected chi connectivity index (χ2v) is 5.45. The van der Waals surface area contributed by atoms with Crippen LogP contribution in [-0.4, -0.2) is 44.1 Å². The molecule has 6 heteroatoms. The van der Waals surface area contributed by atoms with Crippen LogP contribution in [0.1, 0.15) is 24.8 Å². The van der Waals surface area contributed by atoms with Gasteiger partial charge in [0.15, 0.2) is 0 Å². The summed E-state index contributed by atoms with van der Waals surface area (Å²) in [5.41, 5.74) is 1.67. The van der Waals surface area contributed by atoms with Crippen molar-refractivity contribution in [2.45, 2.75) is 31.5 Å². The molecule has 2 heterocycles. The summed E-state index contributed by atoms with van der Waals surface area (Å²) in [5, 5.41) is 6.91. The van der Waals surface area contributed by atoms with Gasteiger partial charge in [-0.05, 0) is 25.0 Å². The maximum absolute atomic E-state index is 12.1. The summed E-state index contributed by atoms with van der Waals surface area (Å²) in [6.07, 6.45) is 2.08. The number of nitrogens with zero attached hydrogens (tertiary/aromatic N) is 1. The van der Waals surface area contributed by atoms with E-state index < -0.39 is 6.10 Å². The third kappa shape index (κ3) is 3.39. The molecule has 2 aliphatic heterocycles. The molecule has 1 N–H and O–H groups in total. The first kappa shape index (κ1) is 14.8. The highest BCUT2D eigenvalue weighted by molar-refractivity contribution is 6.04. The van der Waals surface area contributed by atoms with E-state index in [2.05, 4.69) is 10.5 Å². The van der Waals surface area contributed by atoms with E-state index in [0.29, 0.717) is 13.0 Å². The van der Waals surface area contributed by atoms with Crippen molar-refractivity contribution >= 4 is 11.6 Å². The van der Waals surface area contributed by atoms with Crippen LogP contribution >= 0.6 is 0 Å². The highest BCUT2D eigenvalue weighted by atomic mass is 16.6. The number of nitrogens with one attached hydrogen (secondary N) is 1. The summed E-state index contributed by atoms with van der Waals surface area (Å²) >= 11 is 0. The molecular formula is C16H20N2O4. The van der Waals surface area contributed by atoms with Crippen molar-refractivity contribution in [3.63, 3.8) is 0 Å². The Morgan fingerprint density at radius 2 is 2.41 bits per heavy atom. The Morgan fingerprint density at radius 3 is 3.18 bits per heavy atom. The van der Waals surface area contributed by atoms with Gasteiger partial charge in [-0.3, -0.25) is 4.79 Å². The molecule has 3 rings (SSSR count). The quantitative estimate of drug-likeness (QED) is 0.894. The molecule has 0 aliphatic carbocycles. The van der Waals surface area contributed by atoms with Crippen molar-refractivity contribution < 1.29 is 19.1 Å². The Bertz CT molecular complexity index is 567. The molecule has 2 atom stereocenters. The van der Waals surface area contributed by atoms with Gasteiger partial charge in [-0.25, -0.2) is 0 Å². The van der Waals surface area contributed by atoms with Crippen LogP contribution in [0.15, 0.2) is 29.4 Å². The van der Waals surface area contributed by atoms with Gasteiger partial charge in [-0.1, -0.05) is 17.3 Å². The van der Waals surface area contributed by atoms with Crippen molar-refractivity contribution in [3.05, 3.63) is 29.8 Å². The number of oxime groups is 1. The van der Waals surface area contributed by atoms with Crippen molar-refractivity contribution in [1.82, 2.24) is 5.32 Å². The topological polar surface area (TPSA) is 69.2 Å². The number of methoxy groups -OCH3 is 1. The van der Waals surface area contributed by atoms with Crippen molar-refractivity contribution in [2.75, 3.05) is 20.3 Å². The average molecular weight is 304 g/mol. The van der Waals surface area contributed by atoms with Gasteiger partial charge in [0.2, 0.25) is 6.10 Å². The van der Waals surface area contributed by atoms with Crippen molar-refractivity contribution in [2.24, 2.45) is 5.16 Å². The molecule has 0 saturated carbocycles. The minimum atomic E-state index is -0.567. The van der Waals surface area contributed by atoms with Gasteiger partial charge in [0.1, 0.15) is 5.75 Å². The number of rotatable bonds is 5. The van der Waals surface area contributed by atoms with E-state index in [4.69, 9.17) is 14.3 Å². The van der Waals surface area contributed by atoms with E-state index in [1.54, 1.807) is 7.11 Å². The molecule has 0 bridgehead atoms. The Balaban J connectivity index is 1.53. The minimum absolute atomic E-state index is 0.129. The highest BCUT2D eigenvalue weighted by Crippen LogP contribution is 2.20. The fraction of sp³-hybridized carbons (Fsp3) is 0.500. The molecule has 2 aliphatic rings. The standard InChI is InChI=1S/C16H20N2O4/c1-20-12-5-2-4-11(8-12)14-9-15(22-18-14)16(19)17-10-13-6-3-7-21-13/h2,4-5,8,13,15H,3,6-7,9-10H2,1H3,(H,17,19)/t13-,15+/m1/s1. The number of hydrogen-bond acceptors (Lipinski definition) is 5. The molecule has 1 saturated heterocycles. The van der Waals surface area contributed by atoms with Gasteiger partial charge in [0, 0.05) is 25.1 Å². The lowest BCUT2D eigenvalue weighted by molar-refractivity contribution is -0.131. The van der Waals surface area contributed by atoms with E-state index >= 15 is 0 Å². The molecule has 0 spiro atoms. The second-order valence-electron chi connectivity index (χ2n) is 5.45. The van der Waals surface area contributed by atoms with E-state index in [-0.39, 0.29) is 12.0 Å². The lowest BCUT2D eigenvalue weighted by Gasteiger charge is -2.13. The van der Waals surface area contributed by atoms with Crippen molar-refractivity contribution in [3.8, 4) is 5.75 Å². The lowest BCUT2D eigenvalue weighted by Crippen LogP contribution is -2.39. The average Bonchev–Trinajstić information content (AvgIpc) is 3.24. The zero-order valence-electron chi connectivity index (χ0n) is 12.6. The Hall–Kier alpha value is -2.08. The maximum Gasteiger partial charge on any atom is 0.264 e. The molecule has 6 nitrogen and oxygen atoms in total. The SMILES string of the molecule is COc1cccc(C2=NO[C@H](C(=O)NC[C@H]3CCCO3)C2)c1. The molecule has 0 unspecified atom stereocenters. The number of carbonyl (C=O) groups excluding carboxylic acids is 1. The summed E-state index contributed by atoms with van der Waals surface area (Å²) in [4.78, 5) is 17.4. The summed E-state index contributed by atoms with van der Waals surface area (Å²) < 4.78 is 10.7. The van der Waals surface area contributed by atoms with Gasteiger partial charge in [0.05, 0.1) is 18.9 Å². The van der Waals surface area contributed by atoms with Crippen LogP contribution in [0.3, 0.4) is 0 Å². The van der Waals surface area contributed by atoms with Gasteiger partial charge >= 0.3 is 0 Å². The lowest BCUT2D eigenvalue weighted by atomic mass is 10.0. The summed E-state index contributed by atoms with van der Waals surface area (Å²) in [6.45, 7) is 1.32. The molecule has 0 aromatic heterocycles. The molecule has 1 aromatic carbocycles. The first-order valence-corrected chi connectivity index (χ1v) is 7.52. The predicted octanol–water partition coefficient (Wildman–Crippen LogP) is 1.48. The molecule has 1 aromatic rings. The first-order chi connectivity index (χ1) is 10.8. The van der Waals surface area contributed by atoms with E-state index in [1.165, 1.54) is 0 Å². The summed E-state index contributed by atoms with van der Waals surface area (Å²) in [7, 11) is 1.62. The zero-order chi connectivity index (χ0) is 15.4. The summed E-state index contributed by atoms with van der Waals surface area (Å²) in [6, 6.07) is 7.57. The second kappa shape index (κ2) is 6.79. The molecule has 1 amide bonds. The van der Waals surface area contributed by atoms with Crippen LogP contribution in [0.25, 0.3) is 0 Å². The smallest absolute Gasteiger partial charge is 0.264 e. The van der Waals surface area contributed by atoms with Gasteiger partial charge < -0.3 is 19.6 Å². The fourth-order valence-electron chi connectivity index (χ4n) is 2.62. The largest absolute Gasteiger partial charge is 0.497 e. The summed E-state index contributed by atoms with van der Waals surface area (Å²) in [5.74, 6) is 0.614. The molecular weight excluding hydrogens is 284 g/mol. The predicted molar refractivity (Wildman–Crippen MR) is 81.0 cm³/mol. The zero-order valence-corrected chi connectivity index (χ0v) is 12.6. The van der Waals surface area contributed by atoms with Gasteiger partial charge in [-0.2, -0.15) is 0 Å². The number of benzene rings is 1. The van der Waals surface area contributed by atoms with Gasteiger partial charge in [-0.15, -0.1) is 0 Å². The van der Waals surface area contributed by atoms with Crippen LogP contribution in [0.4, 0.5) is 0 Å². The molecule has 22 heavy (non-hydrogen) atoms. The van der Waals surface area contributed by atoms with E-state index in [9.17, 15) is 4.79 Å². The van der Waals surface area contributed by atoms with Gasteiger partial charge in [0.25, 0.3) is 5.91 Å². The molecule has 118 valence electrons. The maximum atomic E-state index is 12.1. The Morgan fingerprint density at radius 1 is 1.50 bits per heavy atom. The fourth-order valence-corrected chi connectivity index (χ4v) is 2.62. The number of hydrogen-bond donors (Lipinski definition) is 1. The van der Waals surface area contributed by atoms with Crippen LogP contribution in [-0.2, 0) is 14.4 Å². The van der Waals surface area contributed by atoms with Crippen LogP contribution < -0.4 is 10.1 Å². The van der Waals surface area contributed by atoms with E-state index in [0.717, 1.165) is 36.5 Å². The highest BCUT2D eigenvalue weighted by Gasteiger charge is 2.29. The molecule has 1 fully saturated rings. The Kier molecular flexibility index (Phi) is 4.58. The number of ether oxygens (including phenoxy) is 2. The minimum Gasteiger partial charge on any atom is -0.497 e. The van der Waals surface area contributed by atoms with E-state index in [1.807, 2.05) is 24.3 Å². The first-order valence-electron chi connectivity index (χ1n) is 7.52. The monoisotopic (exact) mass is 304 g/mol. The van der Waals surface area contributed by atoms with Crippen LogP contribution in [0.2, 0.25) is 0 Å².